The summed E-state index contributed by atoms with van der Waals surface area (Å²) in [7, 11) is 0. The van der Waals surface area contributed by atoms with Gasteiger partial charge in [-0.25, -0.2) is 0 Å². The summed E-state index contributed by atoms with van der Waals surface area (Å²) >= 11 is 1.66. The third-order valence-electron chi connectivity index (χ3n) is 2.96. The standard InChI is InChI=1S/C13H19NO2S/c1-4-12-5-11(8-17-12)13(15)14-6-9(2)16-10(3)7-14/h5,8-10H,4,6-7H2,1-3H3/t9-,10-/m0/s1. The average molecular weight is 253 g/mol. The van der Waals surface area contributed by atoms with Crippen molar-refractivity contribution in [2.45, 2.75) is 39.4 Å². The molecule has 1 aliphatic heterocycles. The normalized spacial score (nSPS) is 25.0. The summed E-state index contributed by atoms with van der Waals surface area (Å²) in [5.74, 6) is 0.142. The Morgan fingerprint density at radius 2 is 2.12 bits per heavy atom. The summed E-state index contributed by atoms with van der Waals surface area (Å²) < 4.78 is 5.64. The zero-order valence-corrected chi connectivity index (χ0v) is 11.4. The maximum absolute atomic E-state index is 12.3. The van der Waals surface area contributed by atoms with Gasteiger partial charge in [0.25, 0.3) is 5.91 Å². The fraction of sp³-hybridized carbons (Fsp3) is 0.615. The SMILES string of the molecule is CCc1cc(C(=O)N2C[C@H](C)O[C@@H](C)C2)cs1. The van der Waals surface area contributed by atoms with E-state index < -0.39 is 0 Å². The molecule has 1 aromatic rings. The molecule has 1 aromatic heterocycles. The number of thiophene rings is 1. The topological polar surface area (TPSA) is 29.5 Å². The molecule has 0 N–H and O–H groups in total. The number of hydrogen-bond acceptors (Lipinski definition) is 3. The zero-order valence-electron chi connectivity index (χ0n) is 10.6. The Morgan fingerprint density at radius 3 is 2.65 bits per heavy atom. The first kappa shape index (κ1) is 12.6. The minimum atomic E-state index is 0.131. The number of morpholine rings is 1. The highest BCUT2D eigenvalue weighted by Crippen LogP contribution is 2.19. The second kappa shape index (κ2) is 5.19. The highest BCUT2D eigenvalue weighted by molar-refractivity contribution is 7.10. The fourth-order valence-electron chi connectivity index (χ4n) is 2.20. The molecule has 1 fully saturated rings. The van der Waals surface area contributed by atoms with Gasteiger partial charge in [-0.1, -0.05) is 6.92 Å². The molecule has 1 aliphatic rings. The van der Waals surface area contributed by atoms with Crippen molar-refractivity contribution in [2.75, 3.05) is 13.1 Å². The predicted octanol–water partition coefficient (Wildman–Crippen LogP) is 2.56. The fourth-order valence-corrected chi connectivity index (χ4v) is 3.01. The van der Waals surface area contributed by atoms with Crippen molar-refractivity contribution in [2.24, 2.45) is 0 Å². The summed E-state index contributed by atoms with van der Waals surface area (Å²) in [6, 6.07) is 2.01. The molecule has 2 atom stereocenters. The Morgan fingerprint density at radius 1 is 1.47 bits per heavy atom. The van der Waals surface area contributed by atoms with Crippen LogP contribution in [-0.4, -0.2) is 36.1 Å². The summed E-state index contributed by atoms with van der Waals surface area (Å²) in [4.78, 5) is 15.5. The van der Waals surface area contributed by atoms with E-state index in [1.54, 1.807) is 11.3 Å². The van der Waals surface area contributed by atoms with E-state index in [0.29, 0.717) is 13.1 Å². The van der Waals surface area contributed by atoms with Crippen molar-refractivity contribution in [3.05, 3.63) is 21.9 Å². The van der Waals surface area contributed by atoms with Crippen LogP contribution in [0.1, 0.15) is 36.0 Å². The monoisotopic (exact) mass is 253 g/mol. The van der Waals surface area contributed by atoms with Gasteiger partial charge in [-0.3, -0.25) is 4.79 Å². The number of ether oxygens (including phenoxy) is 1. The lowest BCUT2D eigenvalue weighted by Gasteiger charge is -2.35. The maximum Gasteiger partial charge on any atom is 0.254 e. The molecule has 0 aromatic carbocycles. The number of aryl methyl sites for hydroxylation is 1. The molecule has 3 nitrogen and oxygen atoms in total. The highest BCUT2D eigenvalue weighted by atomic mass is 32.1. The average Bonchev–Trinajstić information content (AvgIpc) is 2.75. The van der Waals surface area contributed by atoms with Gasteiger partial charge < -0.3 is 9.64 Å². The van der Waals surface area contributed by atoms with Gasteiger partial charge in [-0.15, -0.1) is 11.3 Å². The van der Waals surface area contributed by atoms with Gasteiger partial charge in [-0.05, 0) is 26.3 Å². The Hall–Kier alpha value is -0.870. The molecule has 4 heteroatoms. The van der Waals surface area contributed by atoms with E-state index in [0.717, 1.165) is 12.0 Å². The Bertz CT molecular complexity index is 392. The lowest BCUT2D eigenvalue weighted by Crippen LogP contribution is -2.48. The smallest absolute Gasteiger partial charge is 0.254 e. The van der Waals surface area contributed by atoms with Crippen LogP contribution in [0.5, 0.6) is 0 Å². The van der Waals surface area contributed by atoms with E-state index in [9.17, 15) is 4.79 Å². The molecule has 2 rings (SSSR count). The van der Waals surface area contributed by atoms with Crippen LogP contribution in [0.2, 0.25) is 0 Å². The van der Waals surface area contributed by atoms with Crippen molar-refractivity contribution < 1.29 is 9.53 Å². The van der Waals surface area contributed by atoms with Crippen LogP contribution < -0.4 is 0 Å². The number of nitrogens with zero attached hydrogens (tertiary/aromatic N) is 1. The van der Waals surface area contributed by atoms with Crippen LogP contribution in [0.15, 0.2) is 11.4 Å². The van der Waals surface area contributed by atoms with Crippen molar-refractivity contribution >= 4 is 17.2 Å². The number of hydrogen-bond donors (Lipinski definition) is 0. The van der Waals surface area contributed by atoms with E-state index in [-0.39, 0.29) is 18.1 Å². The highest BCUT2D eigenvalue weighted by Gasteiger charge is 2.26. The van der Waals surface area contributed by atoms with Crippen LogP contribution in [0.25, 0.3) is 0 Å². The van der Waals surface area contributed by atoms with E-state index in [2.05, 4.69) is 6.92 Å². The van der Waals surface area contributed by atoms with Gasteiger partial charge in [0.05, 0.1) is 17.8 Å². The number of rotatable bonds is 2. The van der Waals surface area contributed by atoms with Crippen molar-refractivity contribution in [1.82, 2.24) is 4.90 Å². The third-order valence-corrected chi connectivity index (χ3v) is 4.04. The van der Waals surface area contributed by atoms with Gasteiger partial charge >= 0.3 is 0 Å². The lowest BCUT2D eigenvalue weighted by molar-refractivity contribution is -0.0586. The van der Waals surface area contributed by atoms with Gasteiger partial charge in [-0.2, -0.15) is 0 Å². The minimum Gasteiger partial charge on any atom is -0.372 e. The van der Waals surface area contributed by atoms with Crippen LogP contribution in [0.4, 0.5) is 0 Å². The second-order valence-electron chi connectivity index (χ2n) is 4.62. The summed E-state index contributed by atoms with van der Waals surface area (Å²) in [6.07, 6.45) is 1.26. The maximum atomic E-state index is 12.3. The van der Waals surface area contributed by atoms with E-state index in [4.69, 9.17) is 4.74 Å². The quantitative estimate of drug-likeness (QED) is 0.810. The summed E-state index contributed by atoms with van der Waals surface area (Å²) in [5.41, 5.74) is 0.827. The minimum absolute atomic E-state index is 0.131. The first-order valence-electron chi connectivity index (χ1n) is 6.12. The van der Waals surface area contributed by atoms with Gasteiger partial charge in [0.15, 0.2) is 0 Å². The molecule has 1 saturated heterocycles. The van der Waals surface area contributed by atoms with E-state index in [1.165, 1.54) is 4.88 Å². The lowest BCUT2D eigenvalue weighted by atomic mass is 10.2. The van der Waals surface area contributed by atoms with Gasteiger partial charge in [0.2, 0.25) is 0 Å². The van der Waals surface area contributed by atoms with Crippen LogP contribution >= 0.6 is 11.3 Å². The zero-order chi connectivity index (χ0) is 12.4. The molecule has 0 unspecified atom stereocenters. The third kappa shape index (κ3) is 2.87. The van der Waals surface area contributed by atoms with Crippen molar-refractivity contribution in [3.8, 4) is 0 Å². The van der Waals surface area contributed by atoms with Crippen molar-refractivity contribution in [3.63, 3.8) is 0 Å². The van der Waals surface area contributed by atoms with Crippen molar-refractivity contribution in [1.29, 1.82) is 0 Å². The molecular formula is C13H19NO2S. The Balaban J connectivity index is 2.08. The van der Waals surface area contributed by atoms with Gasteiger partial charge in [0, 0.05) is 23.3 Å². The molecule has 0 bridgehead atoms. The summed E-state index contributed by atoms with van der Waals surface area (Å²) in [5, 5.41) is 1.96. The molecule has 2 heterocycles. The number of carbonyl (C=O) groups is 1. The molecule has 0 radical (unpaired) electrons. The first-order valence-corrected chi connectivity index (χ1v) is 7.00. The molecule has 1 amide bonds. The molecule has 17 heavy (non-hydrogen) atoms. The molecular weight excluding hydrogens is 234 g/mol. The Kier molecular flexibility index (Phi) is 3.84. The van der Waals surface area contributed by atoms with Crippen LogP contribution in [-0.2, 0) is 11.2 Å². The van der Waals surface area contributed by atoms with Gasteiger partial charge in [0.1, 0.15) is 0 Å². The molecule has 0 spiro atoms. The van der Waals surface area contributed by atoms with E-state index in [1.807, 2.05) is 30.2 Å². The summed E-state index contributed by atoms with van der Waals surface area (Å²) in [6.45, 7) is 7.53. The largest absolute Gasteiger partial charge is 0.372 e. The van der Waals surface area contributed by atoms with Crippen LogP contribution in [0, 0.1) is 0 Å². The van der Waals surface area contributed by atoms with Crippen LogP contribution in [0.3, 0.4) is 0 Å². The number of amides is 1. The molecule has 94 valence electrons. The molecule has 0 saturated carbocycles. The van der Waals surface area contributed by atoms with E-state index >= 15 is 0 Å². The predicted molar refractivity (Wildman–Crippen MR) is 69.6 cm³/mol. The first-order chi connectivity index (χ1) is 8.10. The Labute approximate surface area is 106 Å². The second-order valence-corrected chi connectivity index (χ2v) is 5.62. The molecule has 0 aliphatic carbocycles. The number of carbonyl (C=O) groups excluding carboxylic acids is 1.